The van der Waals surface area contributed by atoms with Crippen LogP contribution in [0.4, 0.5) is 0 Å². The Morgan fingerprint density at radius 3 is 2.19 bits per heavy atom. The van der Waals surface area contributed by atoms with E-state index in [1.807, 2.05) is 0 Å². The van der Waals surface area contributed by atoms with Gasteiger partial charge in [0, 0.05) is 11.5 Å². The van der Waals surface area contributed by atoms with Crippen LogP contribution in [0.5, 0.6) is 0 Å². The fourth-order valence-electron chi connectivity index (χ4n) is 1.73. The molecule has 0 spiro atoms. The zero-order valence-corrected chi connectivity index (χ0v) is 13.3. The number of carbonyl (C=O) groups excluding carboxylic acids is 2. The highest BCUT2D eigenvalue weighted by Gasteiger charge is 2.18. The van der Waals surface area contributed by atoms with E-state index in [1.54, 1.807) is 20.8 Å². The summed E-state index contributed by atoms with van der Waals surface area (Å²) in [5.74, 6) is -1.02. The molecule has 1 rings (SSSR count). The number of Topliss-reactive ketones (excluding diaryl/α,β-unsaturated/α-hetero) is 1. The van der Waals surface area contributed by atoms with Crippen molar-refractivity contribution in [3.8, 4) is 0 Å². The van der Waals surface area contributed by atoms with Crippen molar-refractivity contribution in [2.45, 2.75) is 32.1 Å². The van der Waals surface area contributed by atoms with Crippen LogP contribution in [0.15, 0.2) is 29.2 Å². The zero-order valence-electron chi connectivity index (χ0n) is 12.5. The van der Waals surface area contributed by atoms with E-state index in [0.29, 0.717) is 5.56 Å². The number of carbonyl (C=O) groups is 2. The van der Waals surface area contributed by atoms with Crippen LogP contribution >= 0.6 is 0 Å². The van der Waals surface area contributed by atoms with Gasteiger partial charge < -0.3 is 4.74 Å². The number of hydrogen-bond acceptors (Lipinski definition) is 5. The third kappa shape index (κ3) is 4.97. The molecule has 21 heavy (non-hydrogen) atoms. The van der Waals surface area contributed by atoms with Crippen molar-refractivity contribution in [1.82, 2.24) is 0 Å². The Hall–Kier alpha value is -1.69. The highest BCUT2D eigenvalue weighted by Crippen LogP contribution is 2.16. The second-order valence-electron chi connectivity index (χ2n) is 4.92. The standard InChI is InChI=1S/C15H20O5S/c1-4-20-14(16)9-10-21(18,19)13-7-5-12(6-8-13)15(17)11(2)3/h5-8,11H,4,9-10H2,1-3H3. The van der Waals surface area contributed by atoms with E-state index in [4.69, 9.17) is 4.74 Å². The minimum Gasteiger partial charge on any atom is -0.466 e. The molecule has 0 aliphatic carbocycles. The second kappa shape index (κ2) is 7.36. The molecule has 0 saturated carbocycles. The van der Waals surface area contributed by atoms with Gasteiger partial charge in [-0.3, -0.25) is 9.59 Å². The van der Waals surface area contributed by atoms with E-state index in [2.05, 4.69) is 0 Å². The Balaban J connectivity index is 2.80. The van der Waals surface area contributed by atoms with Gasteiger partial charge in [-0.25, -0.2) is 8.42 Å². The summed E-state index contributed by atoms with van der Waals surface area (Å²) in [6.45, 7) is 5.46. The van der Waals surface area contributed by atoms with Crippen molar-refractivity contribution in [2.24, 2.45) is 5.92 Å². The molecule has 0 bridgehead atoms. The van der Waals surface area contributed by atoms with Gasteiger partial charge >= 0.3 is 5.97 Å². The summed E-state index contributed by atoms with van der Waals surface area (Å²) in [5, 5.41) is 0. The zero-order chi connectivity index (χ0) is 16.0. The molecule has 0 radical (unpaired) electrons. The first-order chi connectivity index (χ1) is 9.77. The maximum Gasteiger partial charge on any atom is 0.306 e. The van der Waals surface area contributed by atoms with Crippen LogP contribution in [0.3, 0.4) is 0 Å². The Morgan fingerprint density at radius 2 is 1.71 bits per heavy atom. The van der Waals surface area contributed by atoms with Crippen LogP contribution in [-0.4, -0.2) is 32.5 Å². The molecule has 0 aliphatic rings. The minimum atomic E-state index is -3.55. The molecule has 0 unspecified atom stereocenters. The Kier molecular flexibility index (Phi) is 6.08. The molecule has 0 atom stereocenters. The summed E-state index contributed by atoms with van der Waals surface area (Å²) in [4.78, 5) is 23.1. The molecule has 6 heteroatoms. The number of benzene rings is 1. The smallest absolute Gasteiger partial charge is 0.306 e. The van der Waals surface area contributed by atoms with Crippen LogP contribution < -0.4 is 0 Å². The van der Waals surface area contributed by atoms with Crippen molar-refractivity contribution in [3.05, 3.63) is 29.8 Å². The molecule has 0 saturated heterocycles. The number of sulfone groups is 1. The summed E-state index contributed by atoms with van der Waals surface area (Å²) < 4.78 is 28.8. The highest BCUT2D eigenvalue weighted by atomic mass is 32.2. The van der Waals surface area contributed by atoms with Crippen molar-refractivity contribution < 1.29 is 22.7 Å². The van der Waals surface area contributed by atoms with Gasteiger partial charge in [-0.1, -0.05) is 26.0 Å². The first-order valence-corrected chi connectivity index (χ1v) is 8.45. The predicted molar refractivity (Wildman–Crippen MR) is 78.9 cm³/mol. The topological polar surface area (TPSA) is 77.5 Å². The Morgan fingerprint density at radius 1 is 1.14 bits per heavy atom. The summed E-state index contributed by atoms with van der Waals surface area (Å²) in [6, 6.07) is 5.80. The number of ketones is 1. The largest absolute Gasteiger partial charge is 0.466 e. The fraction of sp³-hybridized carbons (Fsp3) is 0.467. The van der Waals surface area contributed by atoms with Gasteiger partial charge in [-0.2, -0.15) is 0 Å². The van der Waals surface area contributed by atoms with E-state index in [-0.39, 0.29) is 35.4 Å². The number of ether oxygens (including phenoxy) is 1. The molecule has 0 amide bonds. The van der Waals surface area contributed by atoms with Gasteiger partial charge in [-0.15, -0.1) is 0 Å². The van der Waals surface area contributed by atoms with E-state index in [9.17, 15) is 18.0 Å². The SMILES string of the molecule is CCOC(=O)CCS(=O)(=O)c1ccc(C(=O)C(C)C)cc1. The maximum atomic E-state index is 12.1. The van der Waals surface area contributed by atoms with Crippen molar-refractivity contribution >= 4 is 21.6 Å². The summed E-state index contributed by atoms with van der Waals surface area (Å²) >= 11 is 0. The molecule has 5 nitrogen and oxygen atoms in total. The average Bonchev–Trinajstić information content (AvgIpc) is 2.45. The minimum absolute atomic E-state index is 0.0366. The fourth-order valence-corrected chi connectivity index (χ4v) is 2.95. The molecular weight excluding hydrogens is 292 g/mol. The Bertz CT molecular complexity index is 599. The van der Waals surface area contributed by atoms with Crippen LogP contribution in [0.25, 0.3) is 0 Å². The quantitative estimate of drug-likeness (QED) is 0.570. The monoisotopic (exact) mass is 312 g/mol. The van der Waals surface area contributed by atoms with Gasteiger partial charge in [0.2, 0.25) is 0 Å². The lowest BCUT2D eigenvalue weighted by molar-refractivity contribution is -0.142. The third-order valence-corrected chi connectivity index (χ3v) is 4.63. The molecular formula is C15H20O5S. The molecule has 0 aromatic heterocycles. The molecule has 1 aromatic rings. The van der Waals surface area contributed by atoms with Gasteiger partial charge in [0.05, 0.1) is 23.7 Å². The van der Waals surface area contributed by atoms with E-state index in [1.165, 1.54) is 24.3 Å². The maximum absolute atomic E-state index is 12.1. The normalized spacial score (nSPS) is 11.4. The first-order valence-electron chi connectivity index (χ1n) is 6.80. The lowest BCUT2D eigenvalue weighted by atomic mass is 10.0. The van der Waals surface area contributed by atoms with Gasteiger partial charge in [0.25, 0.3) is 0 Å². The van der Waals surface area contributed by atoms with E-state index < -0.39 is 15.8 Å². The number of hydrogen-bond donors (Lipinski definition) is 0. The van der Waals surface area contributed by atoms with Crippen LogP contribution in [-0.2, 0) is 19.4 Å². The van der Waals surface area contributed by atoms with Gasteiger partial charge in [0.15, 0.2) is 15.6 Å². The van der Waals surface area contributed by atoms with Crippen molar-refractivity contribution in [2.75, 3.05) is 12.4 Å². The number of esters is 1. The molecule has 1 aromatic carbocycles. The summed E-state index contributed by atoms with van der Waals surface area (Å²) in [7, 11) is -3.55. The Labute approximate surface area is 125 Å². The van der Waals surface area contributed by atoms with Crippen LogP contribution in [0.1, 0.15) is 37.6 Å². The lowest BCUT2D eigenvalue weighted by Crippen LogP contribution is -2.14. The highest BCUT2D eigenvalue weighted by molar-refractivity contribution is 7.91. The van der Waals surface area contributed by atoms with Crippen LogP contribution in [0.2, 0.25) is 0 Å². The predicted octanol–water partition coefficient (Wildman–Crippen LogP) is 2.25. The lowest BCUT2D eigenvalue weighted by Gasteiger charge is -2.07. The number of rotatable bonds is 7. The van der Waals surface area contributed by atoms with Gasteiger partial charge in [0.1, 0.15) is 0 Å². The summed E-state index contributed by atoms with van der Waals surface area (Å²) in [5.41, 5.74) is 0.481. The van der Waals surface area contributed by atoms with Crippen molar-refractivity contribution in [1.29, 1.82) is 0 Å². The van der Waals surface area contributed by atoms with Crippen LogP contribution in [0, 0.1) is 5.92 Å². The van der Waals surface area contributed by atoms with E-state index >= 15 is 0 Å². The first kappa shape index (κ1) is 17.4. The molecule has 0 N–H and O–H groups in total. The summed E-state index contributed by atoms with van der Waals surface area (Å²) in [6.07, 6.45) is -0.178. The second-order valence-corrected chi connectivity index (χ2v) is 7.03. The van der Waals surface area contributed by atoms with Crippen molar-refractivity contribution in [3.63, 3.8) is 0 Å². The van der Waals surface area contributed by atoms with E-state index in [0.717, 1.165) is 0 Å². The molecule has 0 heterocycles. The molecule has 0 aliphatic heterocycles. The average molecular weight is 312 g/mol. The molecule has 0 fully saturated rings. The molecule has 116 valence electrons. The third-order valence-electron chi connectivity index (χ3n) is 2.90. The van der Waals surface area contributed by atoms with Gasteiger partial charge in [-0.05, 0) is 19.1 Å².